The zero-order chi connectivity index (χ0) is 38.9. The van der Waals surface area contributed by atoms with Crippen LogP contribution in [0.4, 0.5) is 13.2 Å². The average molecular weight is 784 g/mol. The summed E-state index contributed by atoms with van der Waals surface area (Å²) in [6.07, 6.45) is 6.02. The van der Waals surface area contributed by atoms with Crippen molar-refractivity contribution in [1.82, 2.24) is 25.6 Å². The van der Waals surface area contributed by atoms with Gasteiger partial charge in [-0.25, -0.2) is 18.2 Å². The molecule has 9 rings (SSSR count). The molecule has 3 aliphatic heterocycles. The highest BCUT2D eigenvalue weighted by Crippen LogP contribution is 2.43. The summed E-state index contributed by atoms with van der Waals surface area (Å²) in [4.78, 5) is 23.1. The minimum absolute atomic E-state index is 0.0117. The first-order valence-electron chi connectivity index (χ1n) is 18.5. The number of aromatic nitrogens is 2. The van der Waals surface area contributed by atoms with Crippen LogP contribution in [-0.4, -0.2) is 46.3 Å². The second-order valence-electron chi connectivity index (χ2n) is 15.3. The quantitative estimate of drug-likeness (QED) is 0.0888. The number of carbonyl (C=O) groups is 1. The standard InChI is InChI=1S/C29H25Cl2FN4O.C6H13F2N3.C5H9N/c1-15-19-14-22(23-8-4-12-36(23)29(37)16-9-10-16)35-27(19)20-13-17(5-3-11-33)24(26(32)28(20)34-15)18-6-2-7-21(30)25(18)31;1-6(2,5(7)8)4(9)3-11-10;1-4-2-5(1)6-3-4/h2,6-7,13-14,16,23,35H,3-5,8-10,12H2,1H3;3,5,11H,9-10H2,1-2H3;4-6H,1-3H2/b;4-3-;. The van der Waals surface area contributed by atoms with E-state index in [0.29, 0.717) is 39.2 Å². The van der Waals surface area contributed by atoms with Crippen molar-refractivity contribution in [2.24, 2.45) is 28.8 Å². The summed E-state index contributed by atoms with van der Waals surface area (Å²) in [5.41, 5.74) is 10.3. The predicted octanol–water partition coefficient (Wildman–Crippen LogP) is 8.58. The molecule has 1 atom stereocenters. The van der Waals surface area contributed by atoms with Crippen LogP contribution < -0.4 is 22.3 Å². The molecular weight excluding hydrogens is 736 g/mol. The number of benzene rings is 2. The number of aromatic amines is 1. The van der Waals surface area contributed by atoms with Gasteiger partial charge in [0.1, 0.15) is 5.52 Å². The molecular formula is C40H47Cl2F3N8O. The molecule has 4 aromatic rings. The fourth-order valence-corrected chi connectivity index (χ4v) is 7.87. The number of alkyl halides is 2. The van der Waals surface area contributed by atoms with Crippen molar-refractivity contribution in [1.29, 1.82) is 5.26 Å². The maximum Gasteiger partial charge on any atom is 0.249 e. The number of nitrogens with one attached hydrogen (secondary N) is 3. The van der Waals surface area contributed by atoms with Crippen LogP contribution >= 0.6 is 23.2 Å². The Hall–Kier alpha value is -4.02. The van der Waals surface area contributed by atoms with Crippen molar-refractivity contribution in [2.45, 2.75) is 90.6 Å². The van der Waals surface area contributed by atoms with Gasteiger partial charge in [0, 0.05) is 70.1 Å². The first-order valence-corrected chi connectivity index (χ1v) is 19.2. The molecule has 5 heterocycles. The number of hydrogen-bond donors (Lipinski definition) is 5. The van der Waals surface area contributed by atoms with E-state index in [1.165, 1.54) is 33.2 Å². The second kappa shape index (κ2) is 16.4. The molecule has 9 nitrogen and oxygen atoms in total. The molecule has 7 N–H and O–H groups in total. The summed E-state index contributed by atoms with van der Waals surface area (Å²) < 4.78 is 40.7. The number of rotatable bonds is 8. The lowest BCUT2D eigenvalue weighted by Gasteiger charge is -2.24. The molecule has 2 bridgehead atoms. The number of carbonyl (C=O) groups excluding carboxylic acids is 1. The number of amides is 1. The van der Waals surface area contributed by atoms with Crippen LogP contribution in [0.15, 0.2) is 42.2 Å². The van der Waals surface area contributed by atoms with Crippen LogP contribution in [-0.2, 0) is 11.2 Å². The molecule has 0 radical (unpaired) electrons. The van der Waals surface area contributed by atoms with Crippen molar-refractivity contribution in [3.8, 4) is 17.2 Å². The monoisotopic (exact) mass is 782 g/mol. The van der Waals surface area contributed by atoms with E-state index in [1.807, 2.05) is 17.9 Å². The summed E-state index contributed by atoms with van der Waals surface area (Å²) in [5, 5.41) is 14.8. The first kappa shape index (κ1) is 39.7. The second-order valence-corrected chi connectivity index (χ2v) is 16.1. The van der Waals surface area contributed by atoms with Crippen molar-refractivity contribution in [3.05, 3.63) is 75.0 Å². The largest absolute Gasteiger partial charge is 0.400 e. The molecule has 5 aliphatic rings. The summed E-state index contributed by atoms with van der Waals surface area (Å²) in [5.74, 6) is 5.88. The lowest BCUT2D eigenvalue weighted by Crippen LogP contribution is -2.31. The molecule has 0 spiro atoms. The molecule has 2 aliphatic carbocycles. The van der Waals surface area contributed by atoms with Crippen LogP contribution in [0.3, 0.4) is 0 Å². The van der Waals surface area contributed by atoms with Crippen LogP contribution in [0.1, 0.15) is 81.8 Å². The molecule has 288 valence electrons. The number of nitrogens with two attached hydrogens (primary N) is 2. The van der Waals surface area contributed by atoms with Crippen molar-refractivity contribution in [2.75, 3.05) is 13.1 Å². The van der Waals surface area contributed by atoms with Gasteiger partial charge in [-0.2, -0.15) is 5.26 Å². The Balaban J connectivity index is 0.000000240. The molecule has 1 amide bonds. The summed E-state index contributed by atoms with van der Waals surface area (Å²) >= 11 is 12.8. The van der Waals surface area contributed by atoms with E-state index in [9.17, 15) is 18.8 Å². The summed E-state index contributed by atoms with van der Waals surface area (Å²) in [6.45, 7) is 6.65. The third-order valence-corrected chi connectivity index (χ3v) is 11.9. The van der Waals surface area contributed by atoms with Gasteiger partial charge in [-0.1, -0.05) is 35.3 Å². The van der Waals surface area contributed by atoms with Gasteiger partial charge in [-0.15, -0.1) is 0 Å². The van der Waals surface area contributed by atoms with Gasteiger partial charge in [0.15, 0.2) is 5.82 Å². The van der Waals surface area contributed by atoms with E-state index < -0.39 is 17.7 Å². The van der Waals surface area contributed by atoms with Crippen LogP contribution in [0, 0.1) is 41.3 Å². The van der Waals surface area contributed by atoms with Crippen molar-refractivity contribution < 1.29 is 18.0 Å². The highest BCUT2D eigenvalue weighted by molar-refractivity contribution is 6.43. The Morgan fingerprint density at radius 3 is 2.54 bits per heavy atom. The van der Waals surface area contributed by atoms with Crippen molar-refractivity contribution in [3.63, 3.8) is 0 Å². The number of H-pyrrole nitrogens is 1. The molecule has 2 aromatic heterocycles. The molecule has 5 fully saturated rings. The lowest BCUT2D eigenvalue weighted by molar-refractivity contribution is -0.133. The highest BCUT2D eigenvalue weighted by Gasteiger charge is 2.39. The SMILES string of the molecule is C1NC2CC1C2.CC(C)(/C(N)=C/NN)C(F)F.Cc1nc2c(F)c(-c3cccc(Cl)c3Cl)c(CCC#N)cc2c2[nH]c(C3CCCN3C(=O)C3CC3)cc12. The van der Waals surface area contributed by atoms with Gasteiger partial charge >= 0.3 is 0 Å². The smallest absolute Gasteiger partial charge is 0.249 e. The zero-order valence-electron chi connectivity index (χ0n) is 30.7. The Morgan fingerprint density at radius 2 is 1.94 bits per heavy atom. The van der Waals surface area contributed by atoms with Gasteiger partial charge in [-0.3, -0.25) is 10.6 Å². The van der Waals surface area contributed by atoms with E-state index in [2.05, 4.69) is 32.8 Å². The molecule has 3 saturated heterocycles. The Kier molecular flexibility index (Phi) is 12.0. The number of aryl methyl sites for hydroxylation is 2. The fraction of sp³-hybridized carbons (Fsp3) is 0.475. The van der Waals surface area contributed by atoms with Gasteiger partial charge < -0.3 is 26.4 Å². The third kappa shape index (κ3) is 8.01. The number of allylic oxidation sites excluding steroid dienone is 1. The maximum atomic E-state index is 16.3. The highest BCUT2D eigenvalue weighted by atomic mass is 35.5. The zero-order valence-corrected chi connectivity index (χ0v) is 32.2. The minimum Gasteiger partial charge on any atom is -0.400 e. The average Bonchev–Trinajstić information content (AvgIpc) is 3.53. The van der Waals surface area contributed by atoms with E-state index >= 15 is 4.39 Å². The number of nitrogens with zero attached hydrogens (tertiary/aromatic N) is 3. The predicted molar refractivity (Wildman–Crippen MR) is 208 cm³/mol. The van der Waals surface area contributed by atoms with Crippen molar-refractivity contribution >= 4 is 50.9 Å². The van der Waals surface area contributed by atoms with Crippen LogP contribution in [0.5, 0.6) is 0 Å². The number of likely N-dealkylation sites (tertiary alicyclic amines) is 1. The lowest BCUT2D eigenvalue weighted by atomic mass is 9.87. The Bertz CT molecular complexity index is 2090. The first-order chi connectivity index (χ1) is 25.8. The summed E-state index contributed by atoms with van der Waals surface area (Å²) in [7, 11) is 0. The molecule has 2 saturated carbocycles. The number of nitriles is 1. The minimum atomic E-state index is -2.49. The Morgan fingerprint density at radius 1 is 1.20 bits per heavy atom. The van der Waals surface area contributed by atoms with Gasteiger partial charge in [0.25, 0.3) is 0 Å². The fourth-order valence-electron chi connectivity index (χ4n) is 7.47. The third-order valence-electron chi connectivity index (χ3n) is 11.1. The number of halogens is 5. The van der Waals surface area contributed by atoms with E-state index in [4.69, 9.17) is 34.8 Å². The van der Waals surface area contributed by atoms with Gasteiger partial charge in [0.2, 0.25) is 12.3 Å². The van der Waals surface area contributed by atoms with Gasteiger partial charge in [0.05, 0.1) is 33.1 Å². The normalized spacial score (nSPS) is 20.6. The topological polar surface area (TPSA) is 149 Å². The molecule has 2 aromatic carbocycles. The van der Waals surface area contributed by atoms with Crippen LogP contribution in [0.2, 0.25) is 10.0 Å². The number of hydrogen-bond acceptors (Lipinski definition) is 7. The van der Waals surface area contributed by atoms with E-state index in [0.717, 1.165) is 67.0 Å². The number of pyridine rings is 1. The maximum absolute atomic E-state index is 16.3. The molecule has 14 heteroatoms. The van der Waals surface area contributed by atoms with Crippen LogP contribution in [0.25, 0.3) is 32.9 Å². The molecule has 54 heavy (non-hydrogen) atoms. The van der Waals surface area contributed by atoms with E-state index in [-0.39, 0.29) is 40.5 Å². The Labute approximate surface area is 323 Å². The number of fused-ring (bicyclic) bond motifs is 4. The van der Waals surface area contributed by atoms with Gasteiger partial charge in [-0.05, 0) is 102 Å². The van der Waals surface area contributed by atoms with E-state index in [1.54, 1.807) is 18.2 Å². The molecule has 1 unspecified atom stereocenters. The summed E-state index contributed by atoms with van der Waals surface area (Å²) in [6, 6.07) is 12.2. The number of hydrazine groups is 1.